The lowest BCUT2D eigenvalue weighted by Gasteiger charge is -1.97. The monoisotopic (exact) mass is 265 g/mol. The molecule has 1 N–H and O–H groups in total. The van der Waals surface area contributed by atoms with Crippen LogP contribution in [0.2, 0.25) is 0 Å². The Hall–Kier alpha value is -1.53. The van der Waals surface area contributed by atoms with Crippen molar-refractivity contribution >= 4 is 38.0 Å². The van der Waals surface area contributed by atoms with E-state index in [0.29, 0.717) is 6.54 Å². The van der Waals surface area contributed by atoms with Gasteiger partial charge in [0.15, 0.2) is 5.13 Å². The first-order valence-electron chi connectivity index (χ1n) is 4.98. The zero-order chi connectivity index (χ0) is 11.7. The molecule has 0 spiro atoms. The number of fused-ring (bicyclic) bond motifs is 1. The molecule has 0 amide bonds. The van der Waals surface area contributed by atoms with Gasteiger partial charge in [0.2, 0.25) is 0 Å². The molecule has 2 heterocycles. The summed E-state index contributed by atoms with van der Waals surface area (Å²) in [5.74, 6) is -0.229. The van der Waals surface area contributed by atoms with Gasteiger partial charge in [-0.25, -0.2) is 14.4 Å². The summed E-state index contributed by atoms with van der Waals surface area (Å²) in [6.07, 6.45) is 0. The van der Waals surface area contributed by atoms with Gasteiger partial charge in [0, 0.05) is 5.38 Å². The highest BCUT2D eigenvalue weighted by molar-refractivity contribution is 7.22. The molecular weight excluding hydrogens is 257 g/mol. The van der Waals surface area contributed by atoms with Crippen LogP contribution >= 0.6 is 22.7 Å². The summed E-state index contributed by atoms with van der Waals surface area (Å²) in [4.78, 5) is 8.54. The van der Waals surface area contributed by atoms with Gasteiger partial charge in [0.25, 0.3) is 0 Å². The Morgan fingerprint density at radius 2 is 2.29 bits per heavy atom. The number of benzene rings is 1. The SMILES string of the molecule is Fc1ccc2nc(NCc3cscn3)sc2c1. The van der Waals surface area contributed by atoms with E-state index in [0.717, 1.165) is 21.0 Å². The van der Waals surface area contributed by atoms with Crippen molar-refractivity contribution in [1.29, 1.82) is 0 Å². The highest BCUT2D eigenvalue weighted by Gasteiger charge is 2.04. The predicted octanol–water partition coefficient (Wildman–Crippen LogP) is 3.50. The van der Waals surface area contributed by atoms with E-state index in [9.17, 15) is 4.39 Å². The number of thiazole rings is 2. The minimum atomic E-state index is -0.229. The highest BCUT2D eigenvalue weighted by atomic mass is 32.1. The molecule has 3 rings (SSSR count). The molecule has 0 bridgehead atoms. The van der Waals surface area contributed by atoms with Crippen molar-refractivity contribution in [3.05, 3.63) is 40.6 Å². The van der Waals surface area contributed by atoms with Gasteiger partial charge in [-0.05, 0) is 18.2 Å². The maximum absolute atomic E-state index is 13.0. The summed E-state index contributed by atoms with van der Waals surface area (Å²) < 4.78 is 13.9. The molecular formula is C11H8FN3S2. The van der Waals surface area contributed by atoms with Crippen molar-refractivity contribution in [2.45, 2.75) is 6.54 Å². The minimum absolute atomic E-state index is 0.229. The molecule has 0 saturated heterocycles. The number of anilines is 1. The van der Waals surface area contributed by atoms with Gasteiger partial charge >= 0.3 is 0 Å². The van der Waals surface area contributed by atoms with E-state index in [2.05, 4.69) is 15.3 Å². The third kappa shape index (κ3) is 2.27. The number of rotatable bonds is 3. The van der Waals surface area contributed by atoms with Crippen LogP contribution in [-0.2, 0) is 6.54 Å². The lowest BCUT2D eigenvalue weighted by Crippen LogP contribution is -1.98. The van der Waals surface area contributed by atoms with Crippen molar-refractivity contribution in [2.24, 2.45) is 0 Å². The van der Waals surface area contributed by atoms with E-state index >= 15 is 0 Å². The maximum atomic E-state index is 13.0. The molecule has 3 aromatic rings. The Labute approximate surface area is 105 Å². The number of hydrogen-bond acceptors (Lipinski definition) is 5. The van der Waals surface area contributed by atoms with Crippen LogP contribution in [0.5, 0.6) is 0 Å². The van der Waals surface area contributed by atoms with Crippen LogP contribution in [0.4, 0.5) is 9.52 Å². The van der Waals surface area contributed by atoms with E-state index in [1.54, 1.807) is 22.9 Å². The molecule has 0 aliphatic heterocycles. The average Bonchev–Trinajstić information content (AvgIpc) is 2.94. The lowest BCUT2D eigenvalue weighted by atomic mass is 10.3. The van der Waals surface area contributed by atoms with E-state index in [1.807, 2.05) is 5.38 Å². The van der Waals surface area contributed by atoms with Gasteiger partial charge in [-0.3, -0.25) is 0 Å². The standard InChI is InChI=1S/C11H8FN3S2/c12-7-1-2-9-10(3-7)17-11(15-9)13-4-8-5-16-6-14-8/h1-3,5-6H,4H2,(H,13,15). The van der Waals surface area contributed by atoms with Crippen molar-refractivity contribution in [2.75, 3.05) is 5.32 Å². The maximum Gasteiger partial charge on any atom is 0.184 e. The number of aromatic nitrogens is 2. The third-order valence-corrected chi connectivity index (χ3v) is 3.87. The Morgan fingerprint density at radius 1 is 1.35 bits per heavy atom. The highest BCUT2D eigenvalue weighted by Crippen LogP contribution is 2.26. The van der Waals surface area contributed by atoms with Crippen molar-refractivity contribution in [1.82, 2.24) is 9.97 Å². The second kappa shape index (κ2) is 4.38. The summed E-state index contributed by atoms with van der Waals surface area (Å²) in [5, 5.41) is 5.96. The number of nitrogens with one attached hydrogen (secondary N) is 1. The molecule has 0 fully saturated rings. The predicted molar refractivity (Wildman–Crippen MR) is 69.0 cm³/mol. The fourth-order valence-corrected chi connectivity index (χ4v) is 2.91. The smallest absolute Gasteiger partial charge is 0.184 e. The van der Waals surface area contributed by atoms with E-state index in [4.69, 9.17) is 0 Å². The van der Waals surface area contributed by atoms with Gasteiger partial charge in [-0.15, -0.1) is 11.3 Å². The fraction of sp³-hybridized carbons (Fsp3) is 0.0909. The van der Waals surface area contributed by atoms with Gasteiger partial charge < -0.3 is 5.32 Å². The first-order valence-corrected chi connectivity index (χ1v) is 6.74. The van der Waals surface area contributed by atoms with Crippen LogP contribution in [0.15, 0.2) is 29.1 Å². The van der Waals surface area contributed by atoms with Crippen LogP contribution in [0.25, 0.3) is 10.2 Å². The second-order valence-electron chi connectivity index (χ2n) is 3.46. The Balaban J connectivity index is 1.81. The molecule has 0 radical (unpaired) electrons. The van der Waals surface area contributed by atoms with Gasteiger partial charge in [0.1, 0.15) is 5.82 Å². The Kier molecular flexibility index (Phi) is 2.74. The summed E-state index contributed by atoms with van der Waals surface area (Å²) in [7, 11) is 0. The molecule has 0 saturated carbocycles. The van der Waals surface area contributed by atoms with Gasteiger partial charge in [0.05, 0.1) is 28.0 Å². The molecule has 2 aromatic heterocycles. The van der Waals surface area contributed by atoms with Gasteiger partial charge in [-0.1, -0.05) is 11.3 Å². The van der Waals surface area contributed by atoms with E-state index in [-0.39, 0.29) is 5.82 Å². The molecule has 17 heavy (non-hydrogen) atoms. The normalized spacial score (nSPS) is 10.9. The molecule has 6 heteroatoms. The third-order valence-electron chi connectivity index (χ3n) is 2.25. The first-order chi connectivity index (χ1) is 8.31. The van der Waals surface area contributed by atoms with Crippen LogP contribution in [0.1, 0.15) is 5.69 Å². The molecule has 1 aromatic carbocycles. The summed E-state index contributed by atoms with van der Waals surface area (Å²) in [6.45, 7) is 0.645. The zero-order valence-electron chi connectivity index (χ0n) is 8.68. The largest absolute Gasteiger partial charge is 0.356 e. The molecule has 0 atom stereocenters. The number of halogens is 1. The minimum Gasteiger partial charge on any atom is -0.356 e. The number of nitrogens with zero attached hydrogens (tertiary/aromatic N) is 2. The van der Waals surface area contributed by atoms with E-state index in [1.165, 1.54) is 23.5 Å². The summed E-state index contributed by atoms with van der Waals surface area (Å²) in [6, 6.07) is 4.61. The van der Waals surface area contributed by atoms with Crippen LogP contribution in [0.3, 0.4) is 0 Å². The van der Waals surface area contributed by atoms with Crippen LogP contribution in [-0.4, -0.2) is 9.97 Å². The topological polar surface area (TPSA) is 37.8 Å². The molecule has 86 valence electrons. The molecule has 0 aliphatic rings. The molecule has 3 nitrogen and oxygen atoms in total. The quantitative estimate of drug-likeness (QED) is 0.787. The van der Waals surface area contributed by atoms with Crippen molar-refractivity contribution < 1.29 is 4.39 Å². The van der Waals surface area contributed by atoms with E-state index < -0.39 is 0 Å². The van der Waals surface area contributed by atoms with Crippen molar-refractivity contribution in [3.8, 4) is 0 Å². The summed E-state index contributed by atoms with van der Waals surface area (Å²) in [5.41, 5.74) is 3.60. The van der Waals surface area contributed by atoms with Crippen LogP contribution in [0, 0.1) is 5.82 Å². The lowest BCUT2D eigenvalue weighted by molar-refractivity contribution is 0.630. The zero-order valence-corrected chi connectivity index (χ0v) is 10.3. The Bertz CT molecular complexity index is 633. The molecule has 0 unspecified atom stereocenters. The molecule has 0 aliphatic carbocycles. The first kappa shape index (κ1) is 10.6. The second-order valence-corrected chi connectivity index (χ2v) is 5.21. The van der Waals surface area contributed by atoms with Gasteiger partial charge in [-0.2, -0.15) is 0 Å². The number of hydrogen-bond donors (Lipinski definition) is 1. The summed E-state index contributed by atoms with van der Waals surface area (Å²) >= 11 is 3.01. The fourth-order valence-electron chi connectivity index (χ4n) is 1.47. The Morgan fingerprint density at radius 3 is 3.12 bits per heavy atom. The van der Waals surface area contributed by atoms with Crippen molar-refractivity contribution in [3.63, 3.8) is 0 Å². The average molecular weight is 265 g/mol. The van der Waals surface area contributed by atoms with Crippen LogP contribution < -0.4 is 5.32 Å².